The molecule has 7 nitrogen and oxygen atoms in total. The second-order valence-corrected chi connectivity index (χ2v) is 7.55. The minimum atomic E-state index is -2.93. The highest BCUT2D eigenvalue weighted by Crippen LogP contribution is 2.29. The predicted octanol–water partition coefficient (Wildman–Crippen LogP) is 2.53. The third kappa shape index (κ3) is 7.49. The van der Waals surface area contributed by atoms with E-state index in [1.54, 1.807) is 36.4 Å². The number of benzene rings is 2. The number of carbonyl (C=O) groups is 2. The van der Waals surface area contributed by atoms with Gasteiger partial charge in [0, 0.05) is 18.5 Å². The zero-order valence-electron chi connectivity index (χ0n) is 17.4. The van der Waals surface area contributed by atoms with Gasteiger partial charge in [0.25, 0.3) is 5.91 Å². The van der Waals surface area contributed by atoms with Crippen molar-refractivity contribution in [1.29, 1.82) is 0 Å². The summed E-state index contributed by atoms with van der Waals surface area (Å²) in [5.41, 5.74) is 1.00. The monoisotopic (exact) mass is 448 g/mol. The van der Waals surface area contributed by atoms with Gasteiger partial charge in [0.05, 0.1) is 13.2 Å². The van der Waals surface area contributed by atoms with E-state index in [1.165, 1.54) is 25.0 Å². The Morgan fingerprint density at radius 3 is 2.28 bits per heavy atom. The van der Waals surface area contributed by atoms with Crippen molar-refractivity contribution in [3.8, 4) is 11.5 Å². The molecule has 0 aliphatic heterocycles. The first kappa shape index (κ1) is 23.5. The van der Waals surface area contributed by atoms with E-state index >= 15 is 0 Å². The number of halogens is 2. The number of ether oxygens (including phenoxy) is 2. The maximum absolute atomic E-state index is 12.7. The summed E-state index contributed by atoms with van der Waals surface area (Å²) in [7, 11) is 0. The van der Waals surface area contributed by atoms with Crippen LogP contribution in [0.15, 0.2) is 48.5 Å². The average Bonchev–Trinajstić information content (AvgIpc) is 3.61. The molecule has 3 N–H and O–H groups in total. The number of aliphatic hydroxyl groups is 1. The second-order valence-electron chi connectivity index (χ2n) is 7.55. The van der Waals surface area contributed by atoms with Crippen LogP contribution in [0.5, 0.6) is 11.5 Å². The van der Waals surface area contributed by atoms with Crippen LogP contribution in [0.3, 0.4) is 0 Å². The van der Waals surface area contributed by atoms with Crippen molar-refractivity contribution < 1.29 is 33.0 Å². The molecule has 1 atom stereocenters. The molecule has 2 aromatic carbocycles. The van der Waals surface area contributed by atoms with Crippen molar-refractivity contribution in [3.05, 3.63) is 59.7 Å². The van der Waals surface area contributed by atoms with E-state index in [4.69, 9.17) is 9.84 Å². The Hall–Kier alpha value is -3.20. The van der Waals surface area contributed by atoms with E-state index in [1.807, 2.05) is 0 Å². The molecule has 0 radical (unpaired) electrons. The number of alkyl halides is 2. The first-order valence-corrected chi connectivity index (χ1v) is 10.4. The van der Waals surface area contributed by atoms with E-state index in [9.17, 15) is 18.4 Å². The Bertz CT molecular complexity index is 886. The van der Waals surface area contributed by atoms with E-state index in [0.29, 0.717) is 29.4 Å². The normalized spacial score (nSPS) is 14.0. The highest BCUT2D eigenvalue weighted by Gasteiger charge is 2.23. The Balaban J connectivity index is 1.63. The van der Waals surface area contributed by atoms with Crippen molar-refractivity contribution in [2.75, 3.05) is 19.8 Å². The molecule has 32 heavy (non-hydrogen) atoms. The first-order valence-electron chi connectivity index (χ1n) is 10.4. The Kier molecular flexibility index (Phi) is 8.38. The maximum Gasteiger partial charge on any atom is 0.387 e. The summed E-state index contributed by atoms with van der Waals surface area (Å²) in [6, 6.07) is 11.6. The number of carbonyl (C=O) groups excluding carboxylic acids is 2. The number of rotatable bonds is 12. The lowest BCUT2D eigenvalue weighted by Crippen LogP contribution is -2.48. The SMILES string of the molecule is O=C(NC(Cc1ccc(OC(F)F)cc1)C(=O)NCCO)c1ccc(OCC2CC2)cc1. The summed E-state index contributed by atoms with van der Waals surface area (Å²) in [6.07, 6.45) is 2.49. The molecule has 0 bridgehead atoms. The molecule has 1 aliphatic rings. The second kappa shape index (κ2) is 11.4. The topological polar surface area (TPSA) is 96.9 Å². The van der Waals surface area contributed by atoms with Crippen molar-refractivity contribution >= 4 is 11.8 Å². The molecule has 172 valence electrons. The number of amides is 2. The van der Waals surface area contributed by atoms with Gasteiger partial charge in [0.1, 0.15) is 17.5 Å². The molecule has 1 aliphatic carbocycles. The zero-order chi connectivity index (χ0) is 22.9. The lowest BCUT2D eigenvalue weighted by Gasteiger charge is -2.19. The van der Waals surface area contributed by atoms with Gasteiger partial charge in [-0.15, -0.1) is 0 Å². The Labute approximate surface area is 184 Å². The molecular weight excluding hydrogens is 422 g/mol. The molecule has 1 saturated carbocycles. The first-order chi connectivity index (χ1) is 15.4. The van der Waals surface area contributed by atoms with Crippen LogP contribution in [0.2, 0.25) is 0 Å². The summed E-state index contributed by atoms with van der Waals surface area (Å²) in [5, 5.41) is 14.2. The molecule has 2 amide bonds. The number of nitrogens with one attached hydrogen (secondary N) is 2. The van der Waals surface area contributed by atoms with Gasteiger partial charge >= 0.3 is 6.61 Å². The lowest BCUT2D eigenvalue weighted by atomic mass is 10.0. The quantitative estimate of drug-likeness (QED) is 0.464. The highest BCUT2D eigenvalue weighted by atomic mass is 19.3. The summed E-state index contributed by atoms with van der Waals surface area (Å²) in [6.45, 7) is -2.46. The van der Waals surface area contributed by atoms with Gasteiger partial charge < -0.3 is 25.2 Å². The summed E-state index contributed by atoms with van der Waals surface area (Å²) in [5.74, 6) is 0.382. The molecule has 1 fully saturated rings. The lowest BCUT2D eigenvalue weighted by molar-refractivity contribution is -0.123. The molecular formula is C23H26F2N2O5. The summed E-state index contributed by atoms with van der Waals surface area (Å²) in [4.78, 5) is 25.2. The Morgan fingerprint density at radius 1 is 1.03 bits per heavy atom. The van der Waals surface area contributed by atoms with Gasteiger partial charge in [0.2, 0.25) is 5.91 Å². The van der Waals surface area contributed by atoms with Gasteiger partial charge in [-0.2, -0.15) is 8.78 Å². The van der Waals surface area contributed by atoms with Gasteiger partial charge in [-0.25, -0.2) is 0 Å². The van der Waals surface area contributed by atoms with Crippen LogP contribution in [-0.2, 0) is 11.2 Å². The van der Waals surface area contributed by atoms with Gasteiger partial charge in [-0.1, -0.05) is 12.1 Å². The van der Waals surface area contributed by atoms with Crippen LogP contribution in [0.25, 0.3) is 0 Å². The molecule has 3 rings (SSSR count). The van der Waals surface area contributed by atoms with Crippen LogP contribution >= 0.6 is 0 Å². The van der Waals surface area contributed by atoms with Crippen LogP contribution in [0, 0.1) is 5.92 Å². The highest BCUT2D eigenvalue weighted by molar-refractivity contribution is 5.97. The van der Waals surface area contributed by atoms with Crippen LogP contribution in [-0.4, -0.2) is 49.3 Å². The predicted molar refractivity (Wildman–Crippen MR) is 113 cm³/mol. The summed E-state index contributed by atoms with van der Waals surface area (Å²) < 4.78 is 34.6. The maximum atomic E-state index is 12.7. The number of hydrogen-bond acceptors (Lipinski definition) is 5. The summed E-state index contributed by atoms with van der Waals surface area (Å²) >= 11 is 0. The van der Waals surface area contributed by atoms with Crippen molar-refractivity contribution in [3.63, 3.8) is 0 Å². The van der Waals surface area contributed by atoms with E-state index in [-0.39, 0.29) is 25.3 Å². The van der Waals surface area contributed by atoms with E-state index in [2.05, 4.69) is 15.4 Å². The fourth-order valence-electron chi connectivity index (χ4n) is 3.00. The van der Waals surface area contributed by atoms with Crippen LogP contribution in [0.4, 0.5) is 8.78 Å². The molecule has 1 unspecified atom stereocenters. The standard InChI is InChI=1S/C23H26F2N2O5/c24-23(25)32-19-7-3-15(4-8-19)13-20(22(30)26-11-12-28)27-21(29)17-5-9-18(10-6-17)31-14-16-1-2-16/h3-10,16,20,23,28H,1-2,11-14H2,(H,26,30)(H,27,29). The average molecular weight is 448 g/mol. The third-order valence-electron chi connectivity index (χ3n) is 4.92. The molecule has 0 aromatic heterocycles. The zero-order valence-corrected chi connectivity index (χ0v) is 17.4. The van der Waals surface area contributed by atoms with Crippen molar-refractivity contribution in [1.82, 2.24) is 10.6 Å². The Morgan fingerprint density at radius 2 is 1.69 bits per heavy atom. The fraction of sp³-hybridized carbons (Fsp3) is 0.391. The van der Waals surface area contributed by atoms with Gasteiger partial charge in [-0.05, 0) is 60.7 Å². The van der Waals surface area contributed by atoms with Crippen LogP contribution in [0.1, 0.15) is 28.8 Å². The van der Waals surface area contributed by atoms with Crippen LogP contribution < -0.4 is 20.1 Å². The largest absolute Gasteiger partial charge is 0.493 e. The smallest absolute Gasteiger partial charge is 0.387 e. The van der Waals surface area contributed by atoms with Gasteiger partial charge in [0.15, 0.2) is 0 Å². The third-order valence-corrected chi connectivity index (χ3v) is 4.92. The fourth-order valence-corrected chi connectivity index (χ4v) is 3.00. The van der Waals surface area contributed by atoms with Crippen molar-refractivity contribution in [2.45, 2.75) is 31.9 Å². The molecule has 0 heterocycles. The van der Waals surface area contributed by atoms with Gasteiger partial charge in [-0.3, -0.25) is 9.59 Å². The van der Waals surface area contributed by atoms with Crippen molar-refractivity contribution in [2.24, 2.45) is 5.92 Å². The molecule has 0 saturated heterocycles. The molecule has 0 spiro atoms. The minimum Gasteiger partial charge on any atom is -0.493 e. The molecule has 2 aromatic rings. The minimum absolute atomic E-state index is 0.00179. The molecule has 9 heteroatoms. The number of aliphatic hydroxyl groups excluding tert-OH is 1. The number of hydrogen-bond donors (Lipinski definition) is 3. The van der Waals surface area contributed by atoms with E-state index < -0.39 is 24.5 Å². The van der Waals surface area contributed by atoms with E-state index in [0.717, 1.165) is 0 Å².